The van der Waals surface area contributed by atoms with E-state index in [4.69, 9.17) is 0 Å². The van der Waals surface area contributed by atoms with E-state index in [0.29, 0.717) is 18.9 Å². The summed E-state index contributed by atoms with van der Waals surface area (Å²) in [5.74, 6) is 0.781. The van der Waals surface area contributed by atoms with E-state index >= 15 is 0 Å². The molecule has 0 spiro atoms. The molecule has 0 aliphatic carbocycles. The fraction of sp³-hybridized carbons (Fsp3) is 0.923. The zero-order valence-corrected chi connectivity index (χ0v) is 12.7. The number of hydrogen-bond acceptors (Lipinski definition) is 4. The van der Waals surface area contributed by atoms with Gasteiger partial charge < -0.3 is 4.90 Å². The van der Waals surface area contributed by atoms with Gasteiger partial charge in [0.05, 0.1) is 23.2 Å². The minimum absolute atomic E-state index is 0.0586. The molecule has 2 heterocycles. The van der Waals surface area contributed by atoms with Gasteiger partial charge in [-0.05, 0) is 32.1 Å². The third-order valence-electron chi connectivity index (χ3n) is 4.06. The number of rotatable bonds is 4. The minimum Gasteiger partial charge on any atom is -0.325 e. The van der Waals surface area contributed by atoms with E-state index in [1.54, 1.807) is 4.90 Å². The van der Waals surface area contributed by atoms with Crippen LogP contribution in [0.15, 0.2) is 0 Å². The molecular weight excluding hydrogens is 264 g/mol. The van der Waals surface area contributed by atoms with E-state index in [-0.39, 0.29) is 29.1 Å². The maximum absolute atomic E-state index is 12.3. The summed E-state index contributed by atoms with van der Waals surface area (Å²) < 4.78 is 23.7. The number of sulfone groups is 1. The van der Waals surface area contributed by atoms with Gasteiger partial charge in [-0.3, -0.25) is 10.1 Å². The van der Waals surface area contributed by atoms with Gasteiger partial charge in [-0.2, -0.15) is 0 Å². The highest BCUT2D eigenvalue weighted by atomic mass is 32.2. The van der Waals surface area contributed by atoms with Gasteiger partial charge in [-0.1, -0.05) is 13.8 Å². The van der Waals surface area contributed by atoms with E-state index in [0.717, 1.165) is 12.8 Å². The summed E-state index contributed by atoms with van der Waals surface area (Å²) in [6, 6.07) is -0.154. The molecule has 2 rings (SSSR count). The van der Waals surface area contributed by atoms with E-state index in [1.807, 2.05) is 6.92 Å². The first-order chi connectivity index (χ1) is 8.81. The lowest BCUT2D eigenvalue weighted by Gasteiger charge is -2.23. The maximum atomic E-state index is 12.3. The molecule has 6 heteroatoms. The third kappa shape index (κ3) is 3.11. The Balaban J connectivity index is 2.03. The summed E-state index contributed by atoms with van der Waals surface area (Å²) in [5.41, 5.74) is 0. The van der Waals surface area contributed by atoms with Crippen LogP contribution in [0.3, 0.4) is 0 Å². The van der Waals surface area contributed by atoms with Gasteiger partial charge in [-0.25, -0.2) is 8.42 Å². The summed E-state index contributed by atoms with van der Waals surface area (Å²) in [6.45, 7) is 6.46. The van der Waals surface area contributed by atoms with E-state index in [9.17, 15) is 13.2 Å². The highest BCUT2D eigenvalue weighted by Crippen LogP contribution is 2.24. The second-order valence-electron chi connectivity index (χ2n) is 6.15. The Hall–Kier alpha value is -0.620. The van der Waals surface area contributed by atoms with E-state index < -0.39 is 9.84 Å². The Morgan fingerprint density at radius 1 is 1.42 bits per heavy atom. The molecule has 1 amide bonds. The molecule has 5 nitrogen and oxygen atoms in total. The molecule has 1 N–H and O–H groups in total. The molecule has 0 bridgehead atoms. The molecule has 3 unspecified atom stereocenters. The van der Waals surface area contributed by atoms with Crippen LogP contribution < -0.4 is 5.32 Å². The lowest BCUT2D eigenvalue weighted by Crippen LogP contribution is -2.41. The zero-order chi connectivity index (χ0) is 14.2. The van der Waals surface area contributed by atoms with Crippen molar-refractivity contribution >= 4 is 15.7 Å². The van der Waals surface area contributed by atoms with Gasteiger partial charge in [0, 0.05) is 6.54 Å². The fourth-order valence-electron chi connectivity index (χ4n) is 3.01. The molecule has 110 valence electrons. The molecule has 0 aromatic heterocycles. The van der Waals surface area contributed by atoms with E-state index in [1.165, 1.54) is 0 Å². The van der Waals surface area contributed by atoms with Crippen molar-refractivity contribution in [1.29, 1.82) is 0 Å². The lowest BCUT2D eigenvalue weighted by molar-refractivity contribution is -0.130. The molecule has 0 aromatic carbocycles. The number of amides is 1. The van der Waals surface area contributed by atoms with Crippen LogP contribution in [-0.4, -0.2) is 49.0 Å². The van der Waals surface area contributed by atoms with Crippen LogP contribution in [0.5, 0.6) is 0 Å². The molecule has 3 atom stereocenters. The van der Waals surface area contributed by atoms with Gasteiger partial charge in [-0.15, -0.1) is 0 Å². The number of hydrogen-bond donors (Lipinski definition) is 1. The molecule has 0 saturated carbocycles. The van der Waals surface area contributed by atoms with Crippen LogP contribution in [0.1, 0.15) is 40.0 Å². The van der Waals surface area contributed by atoms with Crippen molar-refractivity contribution in [1.82, 2.24) is 10.2 Å². The maximum Gasteiger partial charge on any atom is 0.241 e. The molecule has 0 radical (unpaired) electrons. The van der Waals surface area contributed by atoms with Crippen molar-refractivity contribution in [3.63, 3.8) is 0 Å². The van der Waals surface area contributed by atoms with Crippen molar-refractivity contribution in [2.24, 2.45) is 5.92 Å². The summed E-state index contributed by atoms with van der Waals surface area (Å²) in [6.07, 6.45) is 2.16. The van der Waals surface area contributed by atoms with Crippen LogP contribution in [0, 0.1) is 5.92 Å². The molecule has 0 aromatic rings. The van der Waals surface area contributed by atoms with Gasteiger partial charge >= 0.3 is 0 Å². The molecule has 2 aliphatic heterocycles. The van der Waals surface area contributed by atoms with Crippen molar-refractivity contribution in [2.45, 2.75) is 57.5 Å². The van der Waals surface area contributed by atoms with Crippen LogP contribution >= 0.6 is 0 Å². The van der Waals surface area contributed by atoms with Gasteiger partial charge in [0.2, 0.25) is 5.91 Å². The average molecular weight is 288 g/mol. The largest absolute Gasteiger partial charge is 0.325 e. The fourth-order valence-corrected chi connectivity index (χ4v) is 4.83. The first-order valence-corrected chi connectivity index (χ1v) is 8.81. The van der Waals surface area contributed by atoms with Gasteiger partial charge in [0.1, 0.15) is 0 Å². The summed E-state index contributed by atoms with van der Waals surface area (Å²) in [5, 5.41) is 2.91. The zero-order valence-electron chi connectivity index (χ0n) is 11.9. The summed E-state index contributed by atoms with van der Waals surface area (Å²) in [4.78, 5) is 14.0. The third-order valence-corrected chi connectivity index (χ3v) is 6.32. The Bertz CT molecular complexity index is 447. The first kappa shape index (κ1) is 14.8. The van der Waals surface area contributed by atoms with Crippen LogP contribution in [0.2, 0.25) is 0 Å². The van der Waals surface area contributed by atoms with Crippen LogP contribution in [0.4, 0.5) is 0 Å². The van der Waals surface area contributed by atoms with Crippen molar-refractivity contribution in [2.75, 3.05) is 12.3 Å². The predicted molar refractivity (Wildman–Crippen MR) is 74.4 cm³/mol. The molecule has 19 heavy (non-hydrogen) atoms. The normalized spacial score (nSPS) is 34.4. The second kappa shape index (κ2) is 5.40. The average Bonchev–Trinajstić information content (AvgIpc) is 2.73. The van der Waals surface area contributed by atoms with Gasteiger partial charge in [0.25, 0.3) is 0 Å². The number of carbonyl (C=O) groups excluding carboxylic acids is 1. The van der Waals surface area contributed by atoms with E-state index in [2.05, 4.69) is 19.2 Å². The van der Waals surface area contributed by atoms with Crippen LogP contribution in [0.25, 0.3) is 0 Å². The molecule has 2 fully saturated rings. The quantitative estimate of drug-likeness (QED) is 0.829. The highest BCUT2D eigenvalue weighted by Gasteiger charge is 2.41. The Morgan fingerprint density at radius 3 is 2.63 bits per heavy atom. The highest BCUT2D eigenvalue weighted by molar-refractivity contribution is 7.92. The summed E-state index contributed by atoms with van der Waals surface area (Å²) >= 11 is 0. The summed E-state index contributed by atoms with van der Waals surface area (Å²) in [7, 11) is -2.98. The molecular formula is C13H24N2O3S. The standard InChI is InChI=1S/C13H24N2O3S/c1-9(2)7-12-13(16)15(10(3)14-12)8-11-5-4-6-19(11,17)18/h9-12,14H,4-8H2,1-3H3. The van der Waals surface area contributed by atoms with Crippen molar-refractivity contribution in [3.05, 3.63) is 0 Å². The number of nitrogens with zero attached hydrogens (tertiary/aromatic N) is 1. The minimum atomic E-state index is -2.98. The number of carbonyl (C=O) groups is 1. The number of nitrogens with one attached hydrogen (secondary N) is 1. The second-order valence-corrected chi connectivity index (χ2v) is 8.55. The Morgan fingerprint density at radius 2 is 2.11 bits per heavy atom. The van der Waals surface area contributed by atoms with Crippen molar-refractivity contribution in [3.8, 4) is 0 Å². The monoisotopic (exact) mass is 288 g/mol. The van der Waals surface area contributed by atoms with Gasteiger partial charge in [0.15, 0.2) is 9.84 Å². The molecule has 2 saturated heterocycles. The predicted octanol–water partition coefficient (Wildman–Crippen LogP) is 0.756. The Labute approximate surface area is 115 Å². The lowest BCUT2D eigenvalue weighted by atomic mass is 10.0. The Kier molecular flexibility index (Phi) is 4.20. The SMILES string of the molecule is CC(C)CC1NC(C)N(CC2CCCS2(=O)=O)C1=O. The topological polar surface area (TPSA) is 66.5 Å². The first-order valence-electron chi connectivity index (χ1n) is 7.09. The smallest absolute Gasteiger partial charge is 0.241 e. The van der Waals surface area contributed by atoms with Crippen molar-refractivity contribution < 1.29 is 13.2 Å². The van der Waals surface area contributed by atoms with Crippen LogP contribution in [-0.2, 0) is 14.6 Å². The molecule has 2 aliphatic rings.